The summed E-state index contributed by atoms with van der Waals surface area (Å²) >= 11 is 5.20. The van der Waals surface area contributed by atoms with Crippen LogP contribution in [-0.2, 0) is 5.75 Å². The van der Waals surface area contributed by atoms with Crippen LogP contribution in [0.4, 0.5) is 5.13 Å². The van der Waals surface area contributed by atoms with Crippen molar-refractivity contribution in [2.45, 2.75) is 17.0 Å². The Morgan fingerprint density at radius 1 is 1.21 bits per heavy atom. The van der Waals surface area contributed by atoms with Crippen molar-refractivity contribution in [3.8, 4) is 0 Å². The van der Waals surface area contributed by atoms with E-state index in [2.05, 4.69) is 57.2 Å². The van der Waals surface area contributed by atoms with Crippen LogP contribution in [0, 0.1) is 10.5 Å². The maximum atomic E-state index is 12.2. The Morgan fingerprint density at radius 2 is 2.04 bits per heavy atom. The number of halogens is 1. The molecule has 1 aromatic heterocycles. The van der Waals surface area contributed by atoms with Crippen molar-refractivity contribution >= 4 is 56.7 Å². The fraction of sp³-hybridized carbons (Fsp3) is 0.118. The van der Waals surface area contributed by atoms with Gasteiger partial charge in [0.2, 0.25) is 5.13 Å². The lowest BCUT2D eigenvalue weighted by atomic mass is 10.1. The van der Waals surface area contributed by atoms with Crippen LogP contribution < -0.4 is 5.32 Å². The molecule has 4 nitrogen and oxygen atoms in total. The van der Waals surface area contributed by atoms with Gasteiger partial charge in [-0.3, -0.25) is 10.1 Å². The minimum absolute atomic E-state index is 0.167. The Hall–Kier alpha value is -1.45. The lowest BCUT2D eigenvalue weighted by Gasteiger charge is -2.02. The molecular weight excluding hydrogens is 453 g/mol. The molecule has 122 valence electrons. The minimum Gasteiger partial charge on any atom is -0.296 e. The molecule has 3 aromatic rings. The van der Waals surface area contributed by atoms with Gasteiger partial charge in [-0.15, -0.1) is 10.2 Å². The molecule has 0 bridgehead atoms. The smallest absolute Gasteiger partial charge is 0.257 e. The molecule has 24 heavy (non-hydrogen) atoms. The number of hydrogen-bond donors (Lipinski definition) is 1. The summed E-state index contributed by atoms with van der Waals surface area (Å²) in [5.41, 5.74) is 3.16. The molecule has 1 N–H and O–H groups in total. The van der Waals surface area contributed by atoms with Crippen LogP contribution in [-0.4, -0.2) is 16.1 Å². The van der Waals surface area contributed by atoms with Gasteiger partial charge in [0.05, 0.1) is 0 Å². The molecule has 2 aromatic carbocycles. The standard InChI is InChI=1S/C17H14IN3OS2/c1-11-5-2-3-6-13(11)10-23-17-21-20-16(24-17)19-15(22)12-7-4-8-14(18)9-12/h2-9H,10H2,1H3,(H,19,20,22). The van der Waals surface area contributed by atoms with Gasteiger partial charge in [0.25, 0.3) is 5.91 Å². The van der Waals surface area contributed by atoms with Crippen LogP contribution >= 0.6 is 45.7 Å². The molecule has 0 saturated heterocycles. The number of nitrogens with one attached hydrogen (secondary N) is 1. The zero-order valence-electron chi connectivity index (χ0n) is 12.8. The molecule has 3 rings (SSSR count). The van der Waals surface area contributed by atoms with Gasteiger partial charge < -0.3 is 0 Å². The maximum absolute atomic E-state index is 12.2. The highest BCUT2D eigenvalue weighted by Crippen LogP contribution is 2.29. The van der Waals surface area contributed by atoms with Crippen LogP contribution in [0.3, 0.4) is 0 Å². The zero-order valence-corrected chi connectivity index (χ0v) is 16.6. The highest BCUT2D eigenvalue weighted by atomic mass is 127. The van der Waals surface area contributed by atoms with Gasteiger partial charge in [0, 0.05) is 14.9 Å². The molecule has 0 spiro atoms. The highest BCUT2D eigenvalue weighted by Gasteiger charge is 2.11. The van der Waals surface area contributed by atoms with Crippen molar-refractivity contribution in [3.63, 3.8) is 0 Å². The lowest BCUT2D eigenvalue weighted by molar-refractivity contribution is 0.102. The fourth-order valence-corrected chi connectivity index (χ4v) is 4.40. The molecule has 0 aliphatic rings. The van der Waals surface area contributed by atoms with E-state index in [1.807, 2.05) is 30.3 Å². The second-order valence-electron chi connectivity index (χ2n) is 5.05. The third kappa shape index (κ3) is 4.55. The van der Waals surface area contributed by atoms with Gasteiger partial charge in [-0.25, -0.2) is 0 Å². The number of amides is 1. The molecule has 0 aliphatic carbocycles. The minimum atomic E-state index is -0.167. The van der Waals surface area contributed by atoms with E-state index in [4.69, 9.17) is 0 Å². The molecule has 0 radical (unpaired) electrons. The first-order valence-electron chi connectivity index (χ1n) is 7.19. The maximum Gasteiger partial charge on any atom is 0.257 e. The number of hydrogen-bond acceptors (Lipinski definition) is 5. The topological polar surface area (TPSA) is 54.9 Å². The van der Waals surface area contributed by atoms with E-state index in [9.17, 15) is 4.79 Å². The van der Waals surface area contributed by atoms with Crippen molar-refractivity contribution in [2.75, 3.05) is 5.32 Å². The number of aryl methyl sites for hydroxylation is 1. The van der Waals surface area contributed by atoms with Crippen LogP contribution in [0.2, 0.25) is 0 Å². The van der Waals surface area contributed by atoms with Crippen molar-refractivity contribution in [3.05, 3.63) is 68.8 Å². The molecule has 0 aliphatic heterocycles. The molecule has 0 atom stereocenters. The average Bonchev–Trinajstić information content (AvgIpc) is 3.01. The first-order chi connectivity index (χ1) is 11.6. The van der Waals surface area contributed by atoms with Gasteiger partial charge in [0.1, 0.15) is 0 Å². The third-order valence-electron chi connectivity index (χ3n) is 3.33. The van der Waals surface area contributed by atoms with E-state index in [1.165, 1.54) is 22.5 Å². The number of nitrogens with zero attached hydrogens (tertiary/aromatic N) is 2. The number of anilines is 1. The van der Waals surface area contributed by atoms with E-state index >= 15 is 0 Å². The molecule has 1 heterocycles. The molecular formula is C17H14IN3OS2. The summed E-state index contributed by atoms with van der Waals surface area (Å²) in [6, 6.07) is 15.7. The monoisotopic (exact) mass is 467 g/mol. The molecule has 0 unspecified atom stereocenters. The normalized spacial score (nSPS) is 10.6. The van der Waals surface area contributed by atoms with Crippen LogP contribution in [0.15, 0.2) is 52.9 Å². The largest absolute Gasteiger partial charge is 0.296 e. The summed E-state index contributed by atoms with van der Waals surface area (Å²) in [5.74, 6) is 0.673. The third-order valence-corrected chi connectivity index (χ3v) is 6.02. The SMILES string of the molecule is Cc1ccccc1CSc1nnc(NC(=O)c2cccc(I)c2)s1. The van der Waals surface area contributed by atoms with Crippen molar-refractivity contribution in [2.24, 2.45) is 0 Å². The van der Waals surface area contributed by atoms with E-state index in [1.54, 1.807) is 17.8 Å². The second-order valence-corrected chi connectivity index (χ2v) is 8.50. The average molecular weight is 467 g/mol. The number of thioether (sulfide) groups is 1. The number of rotatable bonds is 5. The predicted molar refractivity (Wildman–Crippen MR) is 108 cm³/mol. The first kappa shape index (κ1) is 17.4. The van der Waals surface area contributed by atoms with Crippen molar-refractivity contribution in [1.29, 1.82) is 0 Å². The quantitative estimate of drug-likeness (QED) is 0.326. The molecule has 7 heteroatoms. The number of benzene rings is 2. The Kier molecular flexibility index (Phi) is 5.85. The Labute approximate surface area is 162 Å². The number of aromatic nitrogens is 2. The van der Waals surface area contributed by atoms with Crippen molar-refractivity contribution < 1.29 is 4.79 Å². The van der Waals surface area contributed by atoms with E-state index < -0.39 is 0 Å². The Bertz CT molecular complexity index is 866. The summed E-state index contributed by atoms with van der Waals surface area (Å²) in [5, 5.41) is 11.5. The molecule has 0 saturated carbocycles. The summed E-state index contributed by atoms with van der Waals surface area (Å²) in [6.45, 7) is 2.10. The summed E-state index contributed by atoms with van der Waals surface area (Å²) in [7, 11) is 0. The molecule has 0 fully saturated rings. The van der Waals surface area contributed by atoms with Gasteiger partial charge in [0.15, 0.2) is 4.34 Å². The number of carbonyl (C=O) groups excluding carboxylic acids is 1. The van der Waals surface area contributed by atoms with E-state index in [0.717, 1.165) is 13.7 Å². The predicted octanol–water partition coefficient (Wildman–Crippen LogP) is 5.00. The highest BCUT2D eigenvalue weighted by molar-refractivity contribution is 14.1. The fourth-order valence-electron chi connectivity index (χ4n) is 2.03. The van der Waals surface area contributed by atoms with Gasteiger partial charge in [-0.2, -0.15) is 0 Å². The summed E-state index contributed by atoms with van der Waals surface area (Å²) in [6.07, 6.45) is 0. The summed E-state index contributed by atoms with van der Waals surface area (Å²) in [4.78, 5) is 12.2. The van der Waals surface area contributed by atoms with Crippen LogP contribution in [0.1, 0.15) is 21.5 Å². The van der Waals surface area contributed by atoms with Crippen LogP contribution in [0.5, 0.6) is 0 Å². The van der Waals surface area contributed by atoms with E-state index in [-0.39, 0.29) is 5.91 Å². The lowest BCUT2D eigenvalue weighted by Crippen LogP contribution is -2.11. The van der Waals surface area contributed by atoms with E-state index in [0.29, 0.717) is 10.7 Å². The van der Waals surface area contributed by atoms with Gasteiger partial charge in [-0.05, 0) is 58.8 Å². The second kappa shape index (κ2) is 8.09. The van der Waals surface area contributed by atoms with Gasteiger partial charge >= 0.3 is 0 Å². The summed E-state index contributed by atoms with van der Waals surface area (Å²) < 4.78 is 1.86. The Balaban J connectivity index is 1.61. The van der Waals surface area contributed by atoms with Crippen LogP contribution in [0.25, 0.3) is 0 Å². The van der Waals surface area contributed by atoms with Gasteiger partial charge in [-0.1, -0.05) is 53.4 Å². The Morgan fingerprint density at radius 3 is 2.83 bits per heavy atom. The first-order valence-corrected chi connectivity index (χ1v) is 10.1. The number of carbonyl (C=O) groups is 1. The van der Waals surface area contributed by atoms with Crippen molar-refractivity contribution in [1.82, 2.24) is 10.2 Å². The zero-order chi connectivity index (χ0) is 16.9. The molecule has 1 amide bonds.